The average molecular weight is 273 g/mol. The van der Waals surface area contributed by atoms with E-state index in [-0.39, 0.29) is 11.8 Å². The van der Waals surface area contributed by atoms with Gasteiger partial charge in [-0.1, -0.05) is 38.1 Å². The lowest BCUT2D eigenvalue weighted by molar-refractivity contribution is 0.0755. The smallest absolute Gasteiger partial charge is 0.179 e. The summed E-state index contributed by atoms with van der Waals surface area (Å²) in [5.74, 6) is 0.264. The number of ketones is 1. The number of hydrogen-bond donors (Lipinski definition) is 0. The van der Waals surface area contributed by atoms with Gasteiger partial charge in [0.15, 0.2) is 5.78 Å². The van der Waals surface area contributed by atoms with Gasteiger partial charge >= 0.3 is 0 Å². The van der Waals surface area contributed by atoms with Gasteiger partial charge in [0, 0.05) is 17.6 Å². The summed E-state index contributed by atoms with van der Waals surface area (Å²) >= 11 is 0. The summed E-state index contributed by atoms with van der Waals surface area (Å²) in [5.41, 5.74) is 2.14. The standard InChI is InChI=1S/C18H27NO/c1-5-15-8-10-16(11-9-15)18(20)14(4)19-13(3)7-12-17(19)6-2/h8-11,13-14,17H,5-7,12H2,1-4H3. The topological polar surface area (TPSA) is 20.3 Å². The second-order valence-corrected chi connectivity index (χ2v) is 6.03. The van der Waals surface area contributed by atoms with Gasteiger partial charge in [-0.2, -0.15) is 0 Å². The van der Waals surface area contributed by atoms with Crippen LogP contribution in [0.15, 0.2) is 24.3 Å². The molecule has 1 aromatic rings. The molecule has 1 aliphatic heterocycles. The zero-order chi connectivity index (χ0) is 14.7. The highest BCUT2D eigenvalue weighted by atomic mass is 16.1. The number of Topliss-reactive ketones (excluding diaryl/α,β-unsaturated/α-hetero) is 1. The number of hydrogen-bond acceptors (Lipinski definition) is 2. The highest BCUT2D eigenvalue weighted by Crippen LogP contribution is 2.29. The highest BCUT2D eigenvalue weighted by Gasteiger charge is 2.35. The molecule has 1 aliphatic rings. The van der Waals surface area contributed by atoms with Crippen LogP contribution in [0.2, 0.25) is 0 Å². The monoisotopic (exact) mass is 273 g/mol. The maximum absolute atomic E-state index is 12.7. The number of benzene rings is 1. The second-order valence-electron chi connectivity index (χ2n) is 6.03. The van der Waals surface area contributed by atoms with Crippen molar-refractivity contribution in [2.45, 2.75) is 71.5 Å². The van der Waals surface area contributed by atoms with Crippen LogP contribution in [0.5, 0.6) is 0 Å². The van der Waals surface area contributed by atoms with E-state index < -0.39 is 0 Å². The molecule has 2 heteroatoms. The Balaban J connectivity index is 2.14. The third-order valence-electron chi connectivity index (χ3n) is 4.79. The maximum atomic E-state index is 12.7. The van der Waals surface area contributed by atoms with Gasteiger partial charge in [-0.15, -0.1) is 0 Å². The molecule has 1 fully saturated rings. The van der Waals surface area contributed by atoms with Gasteiger partial charge in [0.05, 0.1) is 6.04 Å². The zero-order valence-electron chi connectivity index (χ0n) is 13.2. The van der Waals surface area contributed by atoms with Crippen LogP contribution >= 0.6 is 0 Å². The van der Waals surface area contributed by atoms with Gasteiger partial charge in [0.25, 0.3) is 0 Å². The minimum absolute atomic E-state index is 0.00933. The predicted molar refractivity (Wildman–Crippen MR) is 84.2 cm³/mol. The Morgan fingerprint density at radius 3 is 2.45 bits per heavy atom. The molecule has 20 heavy (non-hydrogen) atoms. The number of carbonyl (C=O) groups is 1. The van der Waals surface area contributed by atoms with Crippen molar-refractivity contribution < 1.29 is 4.79 Å². The van der Waals surface area contributed by atoms with E-state index in [1.54, 1.807) is 0 Å². The first-order valence-corrected chi connectivity index (χ1v) is 7.99. The first-order chi connectivity index (χ1) is 9.58. The van der Waals surface area contributed by atoms with Crippen LogP contribution in [0.25, 0.3) is 0 Å². The largest absolute Gasteiger partial charge is 0.292 e. The molecule has 0 aliphatic carbocycles. The first kappa shape index (κ1) is 15.2. The Morgan fingerprint density at radius 2 is 1.90 bits per heavy atom. The van der Waals surface area contributed by atoms with E-state index in [1.807, 2.05) is 12.1 Å². The third-order valence-corrected chi connectivity index (χ3v) is 4.79. The molecule has 3 atom stereocenters. The van der Waals surface area contributed by atoms with E-state index in [1.165, 1.54) is 18.4 Å². The Hall–Kier alpha value is -1.15. The molecule has 1 heterocycles. The van der Waals surface area contributed by atoms with Crippen molar-refractivity contribution in [2.75, 3.05) is 0 Å². The number of rotatable bonds is 5. The fraction of sp³-hybridized carbons (Fsp3) is 0.611. The van der Waals surface area contributed by atoms with Crippen molar-refractivity contribution in [1.82, 2.24) is 4.90 Å². The van der Waals surface area contributed by atoms with Gasteiger partial charge in [-0.25, -0.2) is 0 Å². The van der Waals surface area contributed by atoms with E-state index in [2.05, 4.69) is 44.7 Å². The van der Waals surface area contributed by atoms with Crippen LogP contribution in [-0.2, 0) is 6.42 Å². The molecular weight excluding hydrogens is 246 g/mol. The molecule has 1 aromatic carbocycles. The molecule has 0 saturated carbocycles. The average Bonchev–Trinajstić information content (AvgIpc) is 2.86. The van der Waals surface area contributed by atoms with E-state index in [9.17, 15) is 4.79 Å². The van der Waals surface area contributed by atoms with Crippen LogP contribution in [0.1, 0.15) is 62.9 Å². The lowest BCUT2D eigenvalue weighted by Crippen LogP contribution is -2.45. The van der Waals surface area contributed by atoms with Crippen LogP contribution in [0, 0.1) is 0 Å². The van der Waals surface area contributed by atoms with Crippen molar-refractivity contribution in [3.05, 3.63) is 35.4 Å². The fourth-order valence-electron chi connectivity index (χ4n) is 3.49. The number of carbonyl (C=O) groups excluding carboxylic acids is 1. The van der Waals surface area contributed by atoms with Crippen molar-refractivity contribution in [3.63, 3.8) is 0 Å². The summed E-state index contributed by atoms with van der Waals surface area (Å²) in [4.78, 5) is 15.1. The van der Waals surface area contributed by atoms with E-state index in [0.29, 0.717) is 12.1 Å². The Morgan fingerprint density at radius 1 is 1.25 bits per heavy atom. The lowest BCUT2D eigenvalue weighted by atomic mass is 10.0. The molecule has 110 valence electrons. The van der Waals surface area contributed by atoms with Crippen molar-refractivity contribution in [3.8, 4) is 0 Å². The first-order valence-electron chi connectivity index (χ1n) is 7.99. The van der Waals surface area contributed by atoms with Crippen LogP contribution in [0.4, 0.5) is 0 Å². The molecule has 0 bridgehead atoms. The van der Waals surface area contributed by atoms with Gasteiger partial charge in [-0.05, 0) is 45.1 Å². The minimum Gasteiger partial charge on any atom is -0.292 e. The van der Waals surface area contributed by atoms with Gasteiger partial charge in [0.1, 0.15) is 0 Å². The van der Waals surface area contributed by atoms with Gasteiger partial charge < -0.3 is 0 Å². The molecule has 0 radical (unpaired) electrons. The minimum atomic E-state index is -0.00933. The molecule has 0 aromatic heterocycles. The Kier molecular flexibility index (Phi) is 4.98. The lowest BCUT2D eigenvalue weighted by Gasteiger charge is -2.33. The molecule has 0 amide bonds. The van der Waals surface area contributed by atoms with Crippen LogP contribution < -0.4 is 0 Å². The molecule has 3 unspecified atom stereocenters. The van der Waals surface area contributed by atoms with Gasteiger partial charge in [-0.3, -0.25) is 9.69 Å². The maximum Gasteiger partial charge on any atom is 0.179 e. The van der Waals surface area contributed by atoms with E-state index in [0.717, 1.165) is 18.4 Å². The number of aryl methyl sites for hydroxylation is 1. The molecule has 2 nitrogen and oxygen atoms in total. The number of nitrogens with zero attached hydrogens (tertiary/aromatic N) is 1. The summed E-state index contributed by atoms with van der Waals surface area (Å²) in [6.45, 7) is 8.68. The molecule has 0 spiro atoms. The zero-order valence-corrected chi connectivity index (χ0v) is 13.2. The summed E-state index contributed by atoms with van der Waals surface area (Å²) < 4.78 is 0. The van der Waals surface area contributed by atoms with Crippen molar-refractivity contribution in [1.29, 1.82) is 0 Å². The summed E-state index contributed by atoms with van der Waals surface area (Å²) in [5, 5.41) is 0. The number of likely N-dealkylation sites (tertiary alicyclic amines) is 1. The second kappa shape index (κ2) is 6.53. The summed E-state index contributed by atoms with van der Waals surface area (Å²) in [6.07, 6.45) is 4.59. The van der Waals surface area contributed by atoms with Gasteiger partial charge in [0.2, 0.25) is 0 Å². The summed E-state index contributed by atoms with van der Waals surface area (Å²) in [6, 6.07) is 9.20. The molecule has 1 saturated heterocycles. The van der Waals surface area contributed by atoms with Crippen LogP contribution in [-0.4, -0.2) is 28.8 Å². The Bertz CT molecular complexity index is 451. The summed E-state index contributed by atoms with van der Waals surface area (Å²) in [7, 11) is 0. The Labute approximate surface area is 123 Å². The predicted octanol–water partition coefficient (Wildman–Crippen LogP) is 4.08. The SMILES string of the molecule is CCc1ccc(C(=O)C(C)N2C(C)CCC2CC)cc1. The molecule has 0 N–H and O–H groups in total. The fourth-order valence-corrected chi connectivity index (χ4v) is 3.49. The quantitative estimate of drug-likeness (QED) is 0.753. The van der Waals surface area contributed by atoms with E-state index in [4.69, 9.17) is 0 Å². The molecule has 2 rings (SSSR count). The molecular formula is C18H27NO. The van der Waals surface area contributed by atoms with Crippen molar-refractivity contribution in [2.24, 2.45) is 0 Å². The normalized spacial score (nSPS) is 24.8. The highest BCUT2D eigenvalue weighted by molar-refractivity contribution is 5.99. The van der Waals surface area contributed by atoms with Crippen molar-refractivity contribution >= 4 is 5.78 Å². The van der Waals surface area contributed by atoms with Crippen LogP contribution in [0.3, 0.4) is 0 Å². The van der Waals surface area contributed by atoms with E-state index >= 15 is 0 Å². The third kappa shape index (κ3) is 2.95.